The van der Waals surface area contributed by atoms with E-state index in [9.17, 15) is 0 Å². The van der Waals surface area contributed by atoms with Crippen molar-refractivity contribution in [2.75, 3.05) is 0 Å². The first-order valence-corrected chi connectivity index (χ1v) is 19.8. The molecule has 0 aliphatic rings. The molecule has 1 rings (SSSR count). The van der Waals surface area contributed by atoms with Crippen molar-refractivity contribution in [2.45, 2.75) is 239 Å². The van der Waals surface area contributed by atoms with Crippen LogP contribution >= 0.6 is 0 Å². The highest BCUT2D eigenvalue weighted by Gasteiger charge is 2.18. The standard InChI is InChI=1S/C40H79N2/c1-5-7-9-11-13-15-17-19-20-21-22-23-25-27-29-31-33-35-40-41(37-38-42(40)39(3)4)36-34-32-30-28-26-24-18-16-14-12-10-8-6-2/h37-39H,5-36H2,1-4H3/q+1. The van der Waals surface area contributed by atoms with E-state index in [0.717, 1.165) is 0 Å². The molecule has 0 aliphatic carbocycles. The molecule has 2 heteroatoms. The van der Waals surface area contributed by atoms with Gasteiger partial charge in [-0.15, -0.1) is 0 Å². The van der Waals surface area contributed by atoms with Crippen molar-refractivity contribution in [2.24, 2.45) is 0 Å². The first-order chi connectivity index (χ1) is 20.7. The zero-order valence-corrected chi connectivity index (χ0v) is 29.8. The summed E-state index contributed by atoms with van der Waals surface area (Å²) in [6.45, 7) is 10.5. The van der Waals surface area contributed by atoms with Gasteiger partial charge in [0.05, 0.1) is 12.6 Å². The molecule has 1 aromatic heterocycles. The number of hydrogen-bond donors (Lipinski definition) is 0. The van der Waals surface area contributed by atoms with Crippen LogP contribution in [0.25, 0.3) is 0 Å². The number of hydrogen-bond acceptors (Lipinski definition) is 0. The lowest BCUT2D eigenvalue weighted by Crippen LogP contribution is -2.37. The number of unbranched alkanes of at least 4 members (excludes halogenated alkanes) is 28. The molecule has 0 saturated carbocycles. The highest BCUT2D eigenvalue weighted by molar-refractivity contribution is 4.86. The van der Waals surface area contributed by atoms with Crippen LogP contribution in [0.2, 0.25) is 0 Å². The predicted octanol–water partition coefficient (Wildman–Crippen LogP) is 13.6. The second-order valence-corrected chi connectivity index (χ2v) is 14.1. The largest absolute Gasteiger partial charge is 0.256 e. The SMILES string of the molecule is CCCCCCCCCCCCCCCCCCCc1n(C(C)C)cc[n+]1CCCCCCCCCCCCCCC. The average Bonchev–Trinajstić information content (AvgIpc) is 3.40. The van der Waals surface area contributed by atoms with Gasteiger partial charge < -0.3 is 0 Å². The van der Waals surface area contributed by atoms with E-state index in [2.05, 4.69) is 49.2 Å². The molecule has 1 aromatic rings. The Balaban J connectivity index is 2.02. The molecule has 2 nitrogen and oxygen atoms in total. The van der Waals surface area contributed by atoms with Crippen LogP contribution in [0, 0.1) is 0 Å². The maximum atomic E-state index is 2.59. The van der Waals surface area contributed by atoms with Crippen molar-refractivity contribution in [1.82, 2.24) is 4.57 Å². The van der Waals surface area contributed by atoms with Gasteiger partial charge in [0.25, 0.3) is 5.82 Å². The first-order valence-electron chi connectivity index (χ1n) is 19.8. The van der Waals surface area contributed by atoms with E-state index < -0.39 is 0 Å². The summed E-state index contributed by atoms with van der Waals surface area (Å²) in [5, 5.41) is 0. The lowest BCUT2D eigenvalue weighted by molar-refractivity contribution is -0.704. The molecule has 0 atom stereocenters. The summed E-state index contributed by atoms with van der Waals surface area (Å²) >= 11 is 0. The van der Waals surface area contributed by atoms with Gasteiger partial charge in [-0.25, -0.2) is 9.13 Å². The van der Waals surface area contributed by atoms with Crippen LogP contribution in [0.1, 0.15) is 232 Å². The minimum absolute atomic E-state index is 0.568. The summed E-state index contributed by atoms with van der Waals surface area (Å²) in [7, 11) is 0. The maximum absolute atomic E-state index is 2.59. The fourth-order valence-corrected chi connectivity index (χ4v) is 6.73. The van der Waals surface area contributed by atoms with Crippen LogP contribution in [-0.2, 0) is 13.0 Å². The third-order valence-electron chi connectivity index (χ3n) is 9.60. The predicted molar refractivity (Wildman–Crippen MR) is 189 cm³/mol. The Hall–Kier alpha value is -0.790. The van der Waals surface area contributed by atoms with Crippen molar-refractivity contribution in [3.05, 3.63) is 18.2 Å². The molecule has 42 heavy (non-hydrogen) atoms. The Morgan fingerprint density at radius 1 is 0.452 bits per heavy atom. The van der Waals surface area contributed by atoms with Gasteiger partial charge in [-0.2, -0.15) is 0 Å². The topological polar surface area (TPSA) is 8.81 Å². The van der Waals surface area contributed by atoms with E-state index in [0.29, 0.717) is 6.04 Å². The highest BCUT2D eigenvalue weighted by Crippen LogP contribution is 2.16. The maximum Gasteiger partial charge on any atom is 0.256 e. The number of imidazole rings is 1. The van der Waals surface area contributed by atoms with Crippen molar-refractivity contribution in [3.63, 3.8) is 0 Å². The number of nitrogens with zero attached hydrogens (tertiary/aromatic N) is 2. The summed E-state index contributed by atoms with van der Waals surface area (Å²) in [5.41, 5.74) is 0. The summed E-state index contributed by atoms with van der Waals surface area (Å²) in [6, 6.07) is 0.568. The Kier molecular flexibility index (Phi) is 28.3. The number of aryl methyl sites for hydroxylation is 1. The third kappa shape index (κ3) is 22.7. The number of rotatable bonds is 33. The van der Waals surface area contributed by atoms with Crippen molar-refractivity contribution in [3.8, 4) is 0 Å². The molecule has 248 valence electrons. The fourth-order valence-electron chi connectivity index (χ4n) is 6.73. The van der Waals surface area contributed by atoms with Gasteiger partial charge in [0.15, 0.2) is 0 Å². The van der Waals surface area contributed by atoms with E-state index >= 15 is 0 Å². The highest BCUT2D eigenvalue weighted by atomic mass is 15.2. The van der Waals surface area contributed by atoms with E-state index in [4.69, 9.17) is 0 Å². The van der Waals surface area contributed by atoms with Crippen LogP contribution in [0.15, 0.2) is 12.4 Å². The molecule has 0 amide bonds. The minimum Gasteiger partial charge on any atom is -0.234 e. The second-order valence-electron chi connectivity index (χ2n) is 14.1. The third-order valence-corrected chi connectivity index (χ3v) is 9.60. The molecular formula is C40H79N2+. The monoisotopic (exact) mass is 588 g/mol. The van der Waals surface area contributed by atoms with E-state index in [1.807, 2.05) is 0 Å². The Morgan fingerprint density at radius 3 is 1.10 bits per heavy atom. The minimum atomic E-state index is 0.568. The van der Waals surface area contributed by atoms with Gasteiger partial charge in [0.2, 0.25) is 0 Å². The van der Waals surface area contributed by atoms with Gasteiger partial charge in [-0.05, 0) is 33.1 Å². The molecule has 0 bridgehead atoms. The average molecular weight is 588 g/mol. The van der Waals surface area contributed by atoms with E-state index in [1.165, 1.54) is 206 Å². The van der Waals surface area contributed by atoms with E-state index in [-0.39, 0.29) is 0 Å². The van der Waals surface area contributed by atoms with Gasteiger partial charge in [0, 0.05) is 6.42 Å². The Bertz CT molecular complexity index is 661. The van der Waals surface area contributed by atoms with Crippen molar-refractivity contribution < 1.29 is 4.57 Å². The Labute approximate surface area is 266 Å². The molecule has 0 spiro atoms. The van der Waals surface area contributed by atoms with Gasteiger partial charge >= 0.3 is 0 Å². The molecule has 0 aliphatic heterocycles. The zero-order valence-electron chi connectivity index (χ0n) is 29.8. The summed E-state index contributed by atoms with van der Waals surface area (Å²) in [4.78, 5) is 0. The van der Waals surface area contributed by atoms with Crippen LogP contribution in [0.5, 0.6) is 0 Å². The van der Waals surface area contributed by atoms with E-state index in [1.54, 1.807) is 5.82 Å². The molecule has 0 fully saturated rings. The summed E-state index contributed by atoms with van der Waals surface area (Å²) in [5.74, 6) is 1.57. The molecule has 0 N–H and O–H groups in total. The van der Waals surface area contributed by atoms with Gasteiger partial charge in [-0.3, -0.25) is 0 Å². The lowest BCUT2D eigenvalue weighted by atomic mass is 10.0. The quantitative estimate of drug-likeness (QED) is 0.0571. The fraction of sp³-hybridized carbons (Fsp3) is 0.925. The van der Waals surface area contributed by atoms with Crippen LogP contribution in [0.4, 0.5) is 0 Å². The second kappa shape index (κ2) is 30.2. The Morgan fingerprint density at radius 2 is 0.762 bits per heavy atom. The molecule has 0 radical (unpaired) electrons. The van der Waals surface area contributed by atoms with Crippen molar-refractivity contribution >= 4 is 0 Å². The molecule has 1 heterocycles. The van der Waals surface area contributed by atoms with Crippen molar-refractivity contribution in [1.29, 1.82) is 0 Å². The molecular weight excluding hydrogens is 508 g/mol. The summed E-state index contributed by atoms with van der Waals surface area (Å²) in [6.07, 6.45) is 49.2. The van der Waals surface area contributed by atoms with Gasteiger partial charge in [-0.1, -0.05) is 187 Å². The van der Waals surface area contributed by atoms with Crippen LogP contribution in [-0.4, -0.2) is 4.57 Å². The lowest BCUT2D eigenvalue weighted by Gasteiger charge is -2.08. The van der Waals surface area contributed by atoms with Crippen LogP contribution < -0.4 is 4.57 Å². The number of aromatic nitrogens is 2. The molecule has 0 unspecified atom stereocenters. The smallest absolute Gasteiger partial charge is 0.234 e. The normalized spacial score (nSPS) is 11.7. The first kappa shape index (κ1) is 39.2. The summed E-state index contributed by atoms with van der Waals surface area (Å²) < 4.78 is 5.12. The molecule has 0 saturated heterocycles. The van der Waals surface area contributed by atoms with Crippen LogP contribution in [0.3, 0.4) is 0 Å². The zero-order chi connectivity index (χ0) is 30.4. The molecule has 0 aromatic carbocycles. The van der Waals surface area contributed by atoms with Gasteiger partial charge in [0.1, 0.15) is 12.4 Å².